The quantitative estimate of drug-likeness (QED) is 0.814. The molecule has 0 atom stereocenters. The van der Waals surface area contributed by atoms with E-state index in [1.807, 2.05) is 30.0 Å². The predicted molar refractivity (Wildman–Crippen MR) is 89.4 cm³/mol. The molecule has 0 radical (unpaired) electrons. The van der Waals surface area contributed by atoms with E-state index in [0.29, 0.717) is 6.42 Å². The fourth-order valence-corrected chi connectivity index (χ4v) is 3.70. The van der Waals surface area contributed by atoms with E-state index in [9.17, 15) is 0 Å². The van der Waals surface area contributed by atoms with Crippen LogP contribution < -0.4 is 0 Å². The van der Waals surface area contributed by atoms with Crippen LogP contribution in [0.3, 0.4) is 0 Å². The highest BCUT2D eigenvalue weighted by Crippen LogP contribution is 2.24. The van der Waals surface area contributed by atoms with Crippen LogP contribution in [0.1, 0.15) is 21.7 Å². The van der Waals surface area contributed by atoms with Gasteiger partial charge in [-0.15, -0.1) is 11.3 Å². The van der Waals surface area contributed by atoms with Gasteiger partial charge in [0, 0.05) is 27.8 Å². The zero-order chi connectivity index (χ0) is 14.2. The first-order valence-corrected chi connectivity index (χ1v) is 8.63. The lowest BCUT2D eigenvalue weighted by Crippen LogP contribution is -1.80. The summed E-state index contributed by atoms with van der Waals surface area (Å²) in [6, 6.07) is 12.2. The van der Waals surface area contributed by atoms with Crippen molar-refractivity contribution in [2.75, 3.05) is 6.61 Å². The normalized spacial score (nSPS) is 10.1. The maximum atomic E-state index is 8.68. The van der Waals surface area contributed by atoms with Crippen molar-refractivity contribution in [1.29, 1.82) is 0 Å². The Hall–Kier alpha value is -0.920. The van der Waals surface area contributed by atoms with Gasteiger partial charge in [-0.2, -0.15) is 11.8 Å². The summed E-state index contributed by atoms with van der Waals surface area (Å²) in [6.07, 6.45) is 0.540. The van der Waals surface area contributed by atoms with Gasteiger partial charge >= 0.3 is 0 Å². The third-order valence-corrected chi connectivity index (χ3v) is 5.02. The van der Waals surface area contributed by atoms with Crippen LogP contribution >= 0.6 is 34.7 Å². The molecule has 1 N–H and O–H groups in total. The molecule has 1 heterocycles. The van der Waals surface area contributed by atoms with Crippen LogP contribution in [0, 0.1) is 11.8 Å². The van der Waals surface area contributed by atoms with Gasteiger partial charge in [-0.25, -0.2) is 0 Å². The van der Waals surface area contributed by atoms with Crippen LogP contribution in [0.15, 0.2) is 36.4 Å². The highest BCUT2D eigenvalue weighted by atomic mass is 35.5. The molecule has 2 rings (SSSR count). The minimum absolute atomic E-state index is 0.127. The number of benzene rings is 1. The maximum absolute atomic E-state index is 8.68. The Bertz CT molecular complexity index is 593. The Morgan fingerprint density at radius 3 is 2.65 bits per heavy atom. The van der Waals surface area contributed by atoms with Crippen molar-refractivity contribution >= 4 is 34.7 Å². The Balaban J connectivity index is 1.80. The first-order valence-electron chi connectivity index (χ1n) is 6.28. The molecule has 0 amide bonds. The van der Waals surface area contributed by atoms with Crippen molar-refractivity contribution in [2.24, 2.45) is 0 Å². The highest BCUT2D eigenvalue weighted by molar-refractivity contribution is 7.97. The first kappa shape index (κ1) is 15.5. The minimum Gasteiger partial charge on any atom is -0.395 e. The van der Waals surface area contributed by atoms with Crippen molar-refractivity contribution in [3.63, 3.8) is 0 Å². The molecule has 0 bridgehead atoms. The van der Waals surface area contributed by atoms with Gasteiger partial charge in [-0.05, 0) is 29.8 Å². The van der Waals surface area contributed by atoms with Gasteiger partial charge in [0.1, 0.15) is 0 Å². The van der Waals surface area contributed by atoms with Crippen LogP contribution in [0.4, 0.5) is 0 Å². The van der Waals surface area contributed by atoms with Gasteiger partial charge in [0.05, 0.1) is 11.5 Å². The van der Waals surface area contributed by atoms with Gasteiger partial charge in [0.2, 0.25) is 0 Å². The number of thiophene rings is 1. The Labute approximate surface area is 133 Å². The molecule has 0 saturated carbocycles. The van der Waals surface area contributed by atoms with Crippen LogP contribution in [0.25, 0.3) is 0 Å². The molecule has 1 nitrogen and oxygen atoms in total. The maximum Gasteiger partial charge on any atom is 0.0771 e. The Morgan fingerprint density at radius 2 is 1.90 bits per heavy atom. The van der Waals surface area contributed by atoms with E-state index in [0.717, 1.165) is 21.4 Å². The van der Waals surface area contributed by atoms with Gasteiger partial charge < -0.3 is 5.11 Å². The molecule has 0 fully saturated rings. The number of aliphatic hydroxyl groups is 1. The summed E-state index contributed by atoms with van der Waals surface area (Å²) < 4.78 is 0. The predicted octanol–water partition coefficient (Wildman–Crippen LogP) is 4.57. The molecule has 1 aromatic heterocycles. The summed E-state index contributed by atoms with van der Waals surface area (Å²) in [4.78, 5) is 2.40. The second-order valence-corrected chi connectivity index (χ2v) is 6.75. The lowest BCUT2D eigenvalue weighted by Gasteiger charge is -2.00. The summed E-state index contributed by atoms with van der Waals surface area (Å²) in [5.74, 6) is 7.99. The molecule has 0 aliphatic carbocycles. The van der Waals surface area contributed by atoms with Crippen LogP contribution in [-0.2, 0) is 11.5 Å². The number of aliphatic hydroxyl groups excluding tert-OH is 1. The highest BCUT2D eigenvalue weighted by Gasteiger charge is 1.99. The Kier molecular flexibility index (Phi) is 6.49. The standard InChI is InChI=1S/C16H15ClOS2/c17-14-6-4-13(5-7-14)11-19-12-16-9-8-15(20-16)3-1-2-10-18/h4-9,18H,2,10-12H2. The van der Waals surface area contributed by atoms with E-state index < -0.39 is 0 Å². The van der Waals surface area contributed by atoms with E-state index in [1.54, 1.807) is 11.3 Å². The number of thioether (sulfide) groups is 1. The fraction of sp³-hybridized carbons (Fsp3) is 0.250. The molecule has 20 heavy (non-hydrogen) atoms. The number of halogens is 1. The first-order chi connectivity index (χ1) is 9.78. The van der Waals surface area contributed by atoms with E-state index in [1.165, 1.54) is 10.4 Å². The van der Waals surface area contributed by atoms with Gasteiger partial charge in [0.25, 0.3) is 0 Å². The topological polar surface area (TPSA) is 20.2 Å². The Morgan fingerprint density at radius 1 is 1.10 bits per heavy atom. The number of hydrogen-bond acceptors (Lipinski definition) is 3. The third-order valence-electron chi connectivity index (χ3n) is 2.54. The summed E-state index contributed by atoms with van der Waals surface area (Å²) in [5.41, 5.74) is 1.29. The van der Waals surface area contributed by atoms with Crippen molar-refractivity contribution < 1.29 is 5.11 Å². The second-order valence-electron chi connectivity index (χ2n) is 4.16. The lowest BCUT2D eigenvalue weighted by molar-refractivity contribution is 0.305. The molecule has 1 aromatic carbocycles. The summed E-state index contributed by atoms with van der Waals surface area (Å²) in [6.45, 7) is 0.127. The van der Waals surface area contributed by atoms with Crippen molar-refractivity contribution in [3.05, 3.63) is 56.7 Å². The SMILES string of the molecule is OCCC#Cc1ccc(CSCc2ccc(Cl)cc2)s1. The van der Waals surface area contributed by atoms with Crippen molar-refractivity contribution in [3.8, 4) is 11.8 Å². The fourth-order valence-electron chi connectivity index (χ4n) is 1.58. The van der Waals surface area contributed by atoms with E-state index in [4.69, 9.17) is 16.7 Å². The molecule has 0 aliphatic heterocycles. The molecular weight excluding hydrogens is 308 g/mol. The molecule has 0 spiro atoms. The lowest BCUT2D eigenvalue weighted by atomic mass is 10.2. The van der Waals surface area contributed by atoms with Gasteiger partial charge in [0.15, 0.2) is 0 Å². The van der Waals surface area contributed by atoms with Crippen molar-refractivity contribution in [2.45, 2.75) is 17.9 Å². The molecular formula is C16H15ClOS2. The molecule has 4 heteroatoms. The second kappa shape index (κ2) is 8.39. The van der Waals surface area contributed by atoms with Crippen LogP contribution in [0.2, 0.25) is 5.02 Å². The number of hydrogen-bond donors (Lipinski definition) is 1. The minimum atomic E-state index is 0.127. The molecule has 0 saturated heterocycles. The summed E-state index contributed by atoms with van der Waals surface area (Å²) in [5, 5.41) is 9.46. The zero-order valence-electron chi connectivity index (χ0n) is 10.9. The average molecular weight is 323 g/mol. The van der Waals surface area contributed by atoms with E-state index in [-0.39, 0.29) is 6.61 Å². The molecule has 2 aromatic rings. The largest absolute Gasteiger partial charge is 0.395 e. The molecule has 0 unspecified atom stereocenters. The van der Waals surface area contributed by atoms with Gasteiger partial charge in [-0.1, -0.05) is 35.6 Å². The summed E-state index contributed by atoms with van der Waals surface area (Å²) in [7, 11) is 0. The average Bonchev–Trinajstić information content (AvgIpc) is 2.89. The number of rotatable bonds is 5. The van der Waals surface area contributed by atoms with Crippen LogP contribution in [-0.4, -0.2) is 11.7 Å². The summed E-state index contributed by atoms with van der Waals surface area (Å²) >= 11 is 9.47. The van der Waals surface area contributed by atoms with Gasteiger partial charge in [-0.3, -0.25) is 0 Å². The van der Waals surface area contributed by atoms with E-state index in [2.05, 4.69) is 30.0 Å². The third kappa shape index (κ3) is 5.22. The molecule has 0 aliphatic rings. The monoisotopic (exact) mass is 322 g/mol. The zero-order valence-corrected chi connectivity index (χ0v) is 13.3. The van der Waals surface area contributed by atoms with Crippen LogP contribution in [0.5, 0.6) is 0 Å². The smallest absolute Gasteiger partial charge is 0.0771 e. The van der Waals surface area contributed by atoms with E-state index >= 15 is 0 Å². The molecule has 104 valence electrons. The van der Waals surface area contributed by atoms with Crippen molar-refractivity contribution in [1.82, 2.24) is 0 Å².